The molecule has 0 N–H and O–H groups in total. The van der Waals surface area contributed by atoms with Crippen LogP contribution in [-0.4, -0.2) is 16.7 Å². The quantitative estimate of drug-likeness (QED) is 0.755. The monoisotopic (exact) mass is 250 g/mol. The van der Waals surface area contributed by atoms with Gasteiger partial charge < -0.3 is 0 Å². The molecule has 0 bridgehead atoms. The van der Waals surface area contributed by atoms with Gasteiger partial charge in [-0.25, -0.2) is 15.2 Å². The van der Waals surface area contributed by atoms with Gasteiger partial charge in [-0.2, -0.15) is 5.26 Å². The minimum Gasteiger partial charge on any atom is -0.228 e. The third kappa shape index (κ3) is 2.10. The molecule has 19 heavy (non-hydrogen) atoms. The summed E-state index contributed by atoms with van der Waals surface area (Å²) in [5.41, 5.74) is 1.22. The highest BCUT2D eigenvalue weighted by molar-refractivity contribution is 6.67. The van der Waals surface area contributed by atoms with Gasteiger partial charge in [-0.1, -0.05) is 25.5 Å². The Morgan fingerprint density at radius 1 is 1.26 bits per heavy atom. The van der Waals surface area contributed by atoms with Crippen LogP contribution in [-0.2, 0) is 5.41 Å². The second kappa shape index (κ2) is 4.66. The van der Waals surface area contributed by atoms with E-state index in [1.165, 1.54) is 0 Å². The Kier molecular flexibility index (Phi) is 2.99. The maximum atomic E-state index is 8.97. The van der Waals surface area contributed by atoms with Gasteiger partial charge in [-0.3, -0.25) is 0 Å². The summed E-state index contributed by atoms with van der Waals surface area (Å²) >= 11 is 0. The van der Waals surface area contributed by atoms with Crippen LogP contribution in [0.3, 0.4) is 0 Å². The van der Waals surface area contributed by atoms with E-state index in [1.807, 2.05) is 12.1 Å². The Hall–Kier alpha value is -1.88. The van der Waals surface area contributed by atoms with Gasteiger partial charge >= 0.3 is 0 Å². The van der Waals surface area contributed by atoms with Crippen molar-refractivity contribution in [2.75, 3.05) is 0 Å². The molecule has 0 atom stereocenters. The van der Waals surface area contributed by atoms with Gasteiger partial charge in [-0.05, 0) is 24.8 Å². The van der Waals surface area contributed by atoms with E-state index in [2.05, 4.69) is 15.9 Å². The lowest BCUT2D eigenvalue weighted by atomic mass is 9.41. The number of rotatable bonds is 2. The summed E-state index contributed by atoms with van der Waals surface area (Å²) in [6.45, 7) is 0.243. The molecule has 1 aromatic heterocycles. The van der Waals surface area contributed by atoms with Crippen molar-refractivity contribution in [1.82, 2.24) is 9.97 Å². The van der Waals surface area contributed by atoms with Gasteiger partial charge in [0.15, 0.2) is 0 Å². The van der Waals surface area contributed by atoms with Crippen LogP contribution in [0, 0.1) is 28.5 Å². The fourth-order valence-corrected chi connectivity index (χ4v) is 3.47. The molecule has 4 nitrogen and oxygen atoms in total. The summed E-state index contributed by atoms with van der Waals surface area (Å²) in [6.07, 6.45) is 8.28. The Balaban J connectivity index is 1.80. The molecule has 1 aromatic rings. The minimum atomic E-state index is 0.176. The molecule has 1 saturated heterocycles. The molecule has 0 spiro atoms. The van der Waals surface area contributed by atoms with Crippen LogP contribution in [0.4, 0.5) is 0 Å². The number of aromatic nitrogens is 2. The molecular formula is C14H15BN4. The highest BCUT2D eigenvalue weighted by Crippen LogP contribution is 2.57. The summed E-state index contributed by atoms with van der Waals surface area (Å²) in [4.78, 5) is 8.36. The van der Waals surface area contributed by atoms with Crippen LogP contribution in [0.5, 0.6) is 0 Å². The minimum absolute atomic E-state index is 0.176. The Morgan fingerprint density at radius 2 is 2.00 bits per heavy atom. The summed E-state index contributed by atoms with van der Waals surface area (Å²) < 4.78 is 0. The SMILES string of the molecule is N#CB1CCC(C2(c3ccnc(C#N)n3)CC2)CC1. The lowest BCUT2D eigenvalue weighted by Gasteiger charge is -2.30. The van der Waals surface area contributed by atoms with E-state index in [1.54, 1.807) is 6.20 Å². The predicted molar refractivity (Wildman–Crippen MR) is 71.4 cm³/mol. The Bertz CT molecular complexity index is 560. The average molecular weight is 250 g/mol. The van der Waals surface area contributed by atoms with Crippen LogP contribution in [0.15, 0.2) is 12.3 Å². The van der Waals surface area contributed by atoms with E-state index in [-0.39, 0.29) is 18.0 Å². The fraction of sp³-hybridized carbons (Fsp3) is 0.571. The first kappa shape index (κ1) is 12.2. The molecule has 1 aliphatic carbocycles. The normalized spacial score (nSPS) is 21.5. The third-order valence-electron chi connectivity index (χ3n) is 4.75. The van der Waals surface area contributed by atoms with Crippen molar-refractivity contribution in [3.8, 4) is 12.0 Å². The van der Waals surface area contributed by atoms with Gasteiger partial charge in [0.25, 0.3) is 6.71 Å². The molecule has 1 aliphatic heterocycles. The van der Waals surface area contributed by atoms with E-state index in [0.29, 0.717) is 5.92 Å². The average Bonchev–Trinajstić information content (AvgIpc) is 3.29. The molecule has 2 fully saturated rings. The Morgan fingerprint density at radius 3 is 2.58 bits per heavy atom. The zero-order chi connectivity index (χ0) is 13.3. The third-order valence-corrected chi connectivity index (χ3v) is 4.75. The van der Waals surface area contributed by atoms with E-state index < -0.39 is 0 Å². The van der Waals surface area contributed by atoms with Crippen molar-refractivity contribution >= 4 is 6.71 Å². The van der Waals surface area contributed by atoms with Gasteiger partial charge in [0, 0.05) is 17.6 Å². The molecule has 0 aromatic carbocycles. The maximum absolute atomic E-state index is 8.97. The summed E-state index contributed by atoms with van der Waals surface area (Å²) in [5, 5.41) is 17.9. The lowest BCUT2D eigenvalue weighted by Crippen LogP contribution is -2.29. The van der Waals surface area contributed by atoms with Crippen molar-refractivity contribution < 1.29 is 0 Å². The molecule has 3 rings (SSSR count). The van der Waals surface area contributed by atoms with Gasteiger partial charge in [-0.15, -0.1) is 0 Å². The molecule has 1 saturated carbocycles. The molecule has 0 amide bonds. The largest absolute Gasteiger partial charge is 0.267 e. The molecule has 5 heteroatoms. The summed E-state index contributed by atoms with van der Waals surface area (Å²) in [5.74, 6) is 3.28. The van der Waals surface area contributed by atoms with Gasteiger partial charge in [0.1, 0.15) is 6.07 Å². The fourth-order valence-electron chi connectivity index (χ4n) is 3.47. The molecule has 2 aliphatic rings. The first-order valence-electron chi connectivity index (χ1n) is 6.92. The first-order valence-corrected chi connectivity index (χ1v) is 6.92. The van der Waals surface area contributed by atoms with Crippen molar-refractivity contribution in [3.63, 3.8) is 0 Å². The number of nitriles is 2. The first-order chi connectivity index (χ1) is 9.28. The van der Waals surface area contributed by atoms with Crippen molar-refractivity contribution in [1.29, 1.82) is 10.5 Å². The van der Waals surface area contributed by atoms with Crippen LogP contribution in [0.1, 0.15) is 37.2 Å². The molecule has 0 unspecified atom stereocenters. The van der Waals surface area contributed by atoms with Crippen LogP contribution in [0.2, 0.25) is 12.6 Å². The molecule has 0 radical (unpaired) electrons. The van der Waals surface area contributed by atoms with E-state index in [0.717, 1.165) is 44.0 Å². The Labute approximate surface area is 113 Å². The molecular weight excluding hydrogens is 235 g/mol. The highest BCUT2D eigenvalue weighted by Gasteiger charge is 2.52. The number of hydrogen-bond acceptors (Lipinski definition) is 4. The summed E-state index contributed by atoms with van der Waals surface area (Å²) in [6, 6.07) is 3.98. The smallest absolute Gasteiger partial charge is 0.228 e. The second-order valence-corrected chi connectivity index (χ2v) is 5.71. The van der Waals surface area contributed by atoms with Crippen molar-refractivity contribution in [2.45, 2.75) is 43.7 Å². The predicted octanol–water partition coefficient (Wildman–Crippen LogP) is 2.35. The van der Waals surface area contributed by atoms with Crippen molar-refractivity contribution in [3.05, 3.63) is 23.8 Å². The van der Waals surface area contributed by atoms with Crippen LogP contribution in [0.25, 0.3) is 0 Å². The zero-order valence-electron chi connectivity index (χ0n) is 10.8. The maximum Gasteiger partial charge on any atom is 0.267 e. The summed E-state index contributed by atoms with van der Waals surface area (Å²) in [7, 11) is 0. The van der Waals surface area contributed by atoms with Crippen molar-refractivity contribution in [2.24, 2.45) is 5.92 Å². The standard InChI is InChI=1S/C14H15BN4/c16-9-13-18-8-3-12(19-13)14(4-5-14)11-1-6-15(10-17)7-2-11/h3,8,11H,1-2,4-7H2. The zero-order valence-corrected chi connectivity index (χ0v) is 10.8. The lowest BCUT2D eigenvalue weighted by molar-refractivity contribution is 0.359. The highest BCUT2D eigenvalue weighted by atomic mass is 14.9. The van der Waals surface area contributed by atoms with E-state index >= 15 is 0 Å². The molecule has 2 heterocycles. The number of nitrogens with zero attached hydrogens (tertiary/aromatic N) is 4. The molecule has 94 valence electrons. The van der Waals surface area contributed by atoms with Gasteiger partial charge in [0.2, 0.25) is 5.82 Å². The number of hydrogen-bond donors (Lipinski definition) is 0. The van der Waals surface area contributed by atoms with Crippen LogP contribution < -0.4 is 0 Å². The second-order valence-electron chi connectivity index (χ2n) is 5.71. The van der Waals surface area contributed by atoms with E-state index in [9.17, 15) is 0 Å². The van der Waals surface area contributed by atoms with Gasteiger partial charge in [0.05, 0.1) is 5.69 Å². The topological polar surface area (TPSA) is 73.4 Å². The van der Waals surface area contributed by atoms with Crippen LogP contribution >= 0.6 is 0 Å². The van der Waals surface area contributed by atoms with E-state index in [4.69, 9.17) is 10.5 Å².